The van der Waals surface area contributed by atoms with E-state index in [-0.39, 0.29) is 19.2 Å². The lowest BCUT2D eigenvalue weighted by molar-refractivity contribution is -0.305. The van der Waals surface area contributed by atoms with Gasteiger partial charge in [0.25, 0.3) is 0 Å². The van der Waals surface area contributed by atoms with Gasteiger partial charge in [0.1, 0.15) is 30.5 Å². The number of hydrogen-bond acceptors (Lipinski definition) is 9. The Balaban J connectivity index is 2.28. The first-order chi connectivity index (χ1) is 21.4. The summed E-state index contributed by atoms with van der Waals surface area (Å²) < 4.78 is 22.5. The second-order valence-corrected chi connectivity index (χ2v) is 12.0. The normalized spacial score (nSPS) is 23.1. The zero-order valence-corrected chi connectivity index (χ0v) is 27.7. The third-order valence-corrected chi connectivity index (χ3v) is 7.87. The van der Waals surface area contributed by atoms with Crippen molar-refractivity contribution in [2.75, 3.05) is 26.4 Å². The van der Waals surface area contributed by atoms with E-state index in [1.54, 1.807) is 0 Å². The molecule has 44 heavy (non-hydrogen) atoms. The van der Waals surface area contributed by atoms with Crippen molar-refractivity contribution in [1.82, 2.24) is 0 Å². The van der Waals surface area contributed by atoms with Crippen LogP contribution in [0, 0.1) is 0 Å². The summed E-state index contributed by atoms with van der Waals surface area (Å²) in [5.41, 5.74) is 0. The monoisotopic (exact) mass is 628 g/mol. The van der Waals surface area contributed by atoms with Gasteiger partial charge in [0.05, 0.1) is 19.8 Å². The standard InChI is InChI=1S/C35H64O9/c1-3-5-7-9-10-11-12-13-14-15-16-17-18-19-21-23-25-41-27-29(43-31(37)24-22-20-8-6-4-2)28-42-35-34(40)33(39)32(38)30(26-36)44-35/h10-11,13-14,29-30,32-36,38-40H,3-9,12,15-28H2,1-2H3/b11-10-,14-13-. The fourth-order valence-corrected chi connectivity index (χ4v) is 5.05. The van der Waals surface area contributed by atoms with Gasteiger partial charge in [-0.15, -0.1) is 0 Å². The van der Waals surface area contributed by atoms with Crippen molar-refractivity contribution >= 4 is 5.97 Å². The summed E-state index contributed by atoms with van der Waals surface area (Å²) in [5, 5.41) is 39.7. The lowest BCUT2D eigenvalue weighted by Gasteiger charge is -2.39. The van der Waals surface area contributed by atoms with E-state index >= 15 is 0 Å². The third-order valence-electron chi connectivity index (χ3n) is 7.87. The predicted octanol–water partition coefficient (Wildman–Crippen LogP) is 5.91. The van der Waals surface area contributed by atoms with Crippen LogP contribution in [0.2, 0.25) is 0 Å². The Morgan fingerprint density at radius 2 is 1.32 bits per heavy atom. The van der Waals surface area contributed by atoms with E-state index in [2.05, 4.69) is 38.2 Å². The molecule has 0 spiro atoms. The van der Waals surface area contributed by atoms with Gasteiger partial charge in [-0.3, -0.25) is 4.79 Å². The Morgan fingerprint density at radius 3 is 2.00 bits per heavy atom. The van der Waals surface area contributed by atoms with Gasteiger partial charge in [-0.25, -0.2) is 0 Å². The number of ether oxygens (including phenoxy) is 4. The summed E-state index contributed by atoms with van der Waals surface area (Å²) in [5.74, 6) is -0.332. The molecule has 0 radical (unpaired) electrons. The number of aliphatic hydroxyl groups excluding tert-OH is 4. The quantitative estimate of drug-likeness (QED) is 0.0474. The molecular weight excluding hydrogens is 564 g/mol. The number of aliphatic hydroxyl groups is 4. The van der Waals surface area contributed by atoms with E-state index in [1.165, 1.54) is 44.9 Å². The van der Waals surface area contributed by atoms with Crippen molar-refractivity contribution in [3.63, 3.8) is 0 Å². The molecule has 1 aliphatic rings. The van der Waals surface area contributed by atoms with Gasteiger partial charge >= 0.3 is 5.97 Å². The molecule has 0 amide bonds. The van der Waals surface area contributed by atoms with Gasteiger partial charge in [0.15, 0.2) is 6.29 Å². The molecule has 1 rings (SSSR count). The Labute approximate surface area is 267 Å². The maximum Gasteiger partial charge on any atom is 0.306 e. The first-order valence-corrected chi connectivity index (χ1v) is 17.4. The summed E-state index contributed by atoms with van der Waals surface area (Å²) in [6, 6.07) is 0. The maximum atomic E-state index is 12.5. The molecule has 0 aromatic carbocycles. The average Bonchev–Trinajstić information content (AvgIpc) is 3.02. The average molecular weight is 629 g/mol. The number of carbonyl (C=O) groups excluding carboxylic acids is 1. The molecule has 1 fully saturated rings. The van der Waals surface area contributed by atoms with E-state index in [9.17, 15) is 25.2 Å². The highest BCUT2D eigenvalue weighted by Gasteiger charge is 2.44. The third kappa shape index (κ3) is 19.9. The summed E-state index contributed by atoms with van der Waals surface area (Å²) in [4.78, 5) is 12.5. The molecule has 0 aromatic rings. The highest BCUT2D eigenvalue weighted by atomic mass is 16.7. The second kappa shape index (κ2) is 27.9. The van der Waals surface area contributed by atoms with Crippen LogP contribution in [-0.2, 0) is 23.7 Å². The van der Waals surface area contributed by atoms with Crippen LogP contribution in [0.15, 0.2) is 24.3 Å². The number of carbonyl (C=O) groups is 1. The molecule has 0 aliphatic carbocycles. The van der Waals surface area contributed by atoms with Crippen molar-refractivity contribution in [2.24, 2.45) is 0 Å². The predicted molar refractivity (Wildman–Crippen MR) is 173 cm³/mol. The fourth-order valence-electron chi connectivity index (χ4n) is 5.05. The minimum atomic E-state index is -1.53. The van der Waals surface area contributed by atoms with Crippen molar-refractivity contribution in [3.8, 4) is 0 Å². The molecular formula is C35H64O9. The van der Waals surface area contributed by atoms with Gasteiger partial charge in [0, 0.05) is 13.0 Å². The fraction of sp³-hybridized carbons (Fsp3) is 0.857. The molecule has 1 aliphatic heterocycles. The number of hydrogen-bond donors (Lipinski definition) is 4. The maximum absolute atomic E-state index is 12.5. The first-order valence-electron chi connectivity index (χ1n) is 17.4. The molecule has 258 valence electrons. The van der Waals surface area contributed by atoms with Crippen LogP contribution in [0.25, 0.3) is 0 Å². The highest BCUT2D eigenvalue weighted by molar-refractivity contribution is 5.69. The minimum Gasteiger partial charge on any atom is -0.457 e. The van der Waals surface area contributed by atoms with Crippen LogP contribution in [0.5, 0.6) is 0 Å². The Morgan fingerprint density at radius 1 is 0.727 bits per heavy atom. The van der Waals surface area contributed by atoms with E-state index in [1.807, 2.05) is 0 Å². The lowest BCUT2D eigenvalue weighted by Crippen LogP contribution is -2.59. The van der Waals surface area contributed by atoms with Gasteiger partial charge < -0.3 is 39.4 Å². The number of unbranched alkanes of at least 4 members (excludes halogenated alkanes) is 13. The van der Waals surface area contributed by atoms with Gasteiger partial charge in [-0.2, -0.15) is 0 Å². The van der Waals surface area contributed by atoms with E-state index in [0.717, 1.165) is 64.2 Å². The Kier molecular flexibility index (Phi) is 25.8. The van der Waals surface area contributed by atoms with Crippen LogP contribution in [0.4, 0.5) is 0 Å². The summed E-state index contributed by atoms with van der Waals surface area (Å²) in [7, 11) is 0. The second-order valence-electron chi connectivity index (χ2n) is 12.0. The number of allylic oxidation sites excluding steroid dienone is 4. The Bertz CT molecular complexity index is 727. The molecule has 0 saturated carbocycles. The topological polar surface area (TPSA) is 135 Å². The number of rotatable bonds is 28. The van der Waals surface area contributed by atoms with Crippen molar-refractivity contribution in [3.05, 3.63) is 24.3 Å². The van der Waals surface area contributed by atoms with E-state index in [4.69, 9.17) is 18.9 Å². The van der Waals surface area contributed by atoms with Crippen LogP contribution in [0.3, 0.4) is 0 Å². The molecule has 9 nitrogen and oxygen atoms in total. The summed E-state index contributed by atoms with van der Waals surface area (Å²) >= 11 is 0. The molecule has 6 unspecified atom stereocenters. The summed E-state index contributed by atoms with van der Waals surface area (Å²) in [6.45, 7) is 4.39. The van der Waals surface area contributed by atoms with Gasteiger partial charge in [-0.05, 0) is 44.9 Å². The molecule has 6 atom stereocenters. The van der Waals surface area contributed by atoms with E-state index < -0.39 is 43.4 Å². The van der Waals surface area contributed by atoms with Gasteiger partial charge in [0.2, 0.25) is 0 Å². The summed E-state index contributed by atoms with van der Waals surface area (Å²) in [6.07, 6.45) is 21.0. The van der Waals surface area contributed by atoms with E-state index in [0.29, 0.717) is 13.0 Å². The first kappa shape index (κ1) is 40.7. The zero-order chi connectivity index (χ0) is 32.3. The van der Waals surface area contributed by atoms with Crippen molar-refractivity contribution in [2.45, 2.75) is 166 Å². The largest absolute Gasteiger partial charge is 0.457 e. The van der Waals surface area contributed by atoms with Crippen LogP contribution in [-0.4, -0.2) is 89.6 Å². The van der Waals surface area contributed by atoms with Crippen LogP contribution >= 0.6 is 0 Å². The zero-order valence-electron chi connectivity index (χ0n) is 27.7. The molecule has 0 aromatic heterocycles. The molecule has 1 saturated heterocycles. The molecule has 1 heterocycles. The van der Waals surface area contributed by atoms with Crippen molar-refractivity contribution < 1.29 is 44.2 Å². The van der Waals surface area contributed by atoms with Crippen LogP contribution in [0.1, 0.15) is 129 Å². The smallest absolute Gasteiger partial charge is 0.306 e. The molecule has 4 N–H and O–H groups in total. The molecule has 0 bridgehead atoms. The highest BCUT2D eigenvalue weighted by Crippen LogP contribution is 2.22. The minimum absolute atomic E-state index is 0.117. The van der Waals surface area contributed by atoms with Gasteiger partial charge in [-0.1, -0.05) is 102 Å². The molecule has 9 heteroatoms. The number of esters is 1. The SMILES string of the molecule is CCCCC/C=C\C/C=C\CCCCCCCCOCC(COC1OC(CO)C(O)C(O)C1O)OC(=O)CCCCCCC. The lowest BCUT2D eigenvalue weighted by atomic mass is 9.99. The van der Waals surface area contributed by atoms with Crippen LogP contribution < -0.4 is 0 Å². The Hall–Kier alpha value is -1.33. The van der Waals surface area contributed by atoms with Crippen molar-refractivity contribution in [1.29, 1.82) is 0 Å².